The molecule has 0 radical (unpaired) electrons. The molecule has 0 unspecified atom stereocenters. The minimum atomic E-state index is -0.303. The molecule has 0 saturated carbocycles. The zero-order valence-corrected chi connectivity index (χ0v) is 20.5. The smallest absolute Gasteiger partial charge is 0.192 e. The highest BCUT2D eigenvalue weighted by Gasteiger charge is 2.23. The second-order valence-electron chi connectivity index (χ2n) is 8.58. The molecule has 0 N–H and O–H groups in total. The van der Waals surface area contributed by atoms with Crippen molar-refractivity contribution in [3.63, 3.8) is 0 Å². The van der Waals surface area contributed by atoms with Gasteiger partial charge in [-0.3, -0.25) is 9.36 Å². The van der Waals surface area contributed by atoms with Gasteiger partial charge in [-0.05, 0) is 69.2 Å². The largest absolute Gasteiger partial charge is 0.376 e. The summed E-state index contributed by atoms with van der Waals surface area (Å²) in [5.74, 6) is 1.36. The van der Waals surface area contributed by atoms with Gasteiger partial charge in [-0.2, -0.15) is 0 Å². The van der Waals surface area contributed by atoms with Crippen LogP contribution >= 0.6 is 11.8 Å². The minimum absolute atomic E-state index is 0.0141. The second-order valence-corrected chi connectivity index (χ2v) is 9.52. The van der Waals surface area contributed by atoms with Crippen LogP contribution in [0, 0.1) is 19.7 Å². The number of ketones is 1. The molecule has 1 aliphatic rings. The molecule has 1 atom stereocenters. The van der Waals surface area contributed by atoms with Gasteiger partial charge in [0, 0.05) is 35.3 Å². The quantitative estimate of drug-likeness (QED) is 0.254. The van der Waals surface area contributed by atoms with Crippen LogP contribution in [0.4, 0.5) is 4.39 Å². The first-order chi connectivity index (χ1) is 17.0. The highest BCUT2D eigenvalue weighted by atomic mass is 32.2. The van der Waals surface area contributed by atoms with Gasteiger partial charge in [-0.1, -0.05) is 17.8 Å². The average Bonchev–Trinajstić information content (AvgIpc) is 3.59. The van der Waals surface area contributed by atoms with E-state index in [1.807, 2.05) is 47.2 Å². The fourth-order valence-corrected chi connectivity index (χ4v) is 5.29. The van der Waals surface area contributed by atoms with Crippen LogP contribution in [0.2, 0.25) is 0 Å². The SMILES string of the molecule is Cc1cc(C(=O)CSc2nnc(-c3ccc(F)cc3)n2C[C@H]2CCCO2)c(C)n1-c1ccccn1. The van der Waals surface area contributed by atoms with Gasteiger partial charge in [-0.25, -0.2) is 9.37 Å². The Kier molecular flexibility index (Phi) is 6.79. The number of carbonyl (C=O) groups is 1. The van der Waals surface area contributed by atoms with Crippen molar-refractivity contribution in [2.24, 2.45) is 0 Å². The van der Waals surface area contributed by atoms with E-state index in [0.717, 1.165) is 42.2 Å². The van der Waals surface area contributed by atoms with Crippen molar-refractivity contribution in [3.8, 4) is 17.2 Å². The minimum Gasteiger partial charge on any atom is -0.376 e. The van der Waals surface area contributed by atoms with E-state index in [0.29, 0.717) is 23.1 Å². The van der Waals surface area contributed by atoms with Crippen LogP contribution < -0.4 is 0 Å². The Balaban J connectivity index is 1.38. The molecule has 1 saturated heterocycles. The third-order valence-electron chi connectivity index (χ3n) is 6.17. The summed E-state index contributed by atoms with van der Waals surface area (Å²) < 4.78 is 23.3. The molecule has 35 heavy (non-hydrogen) atoms. The second kappa shape index (κ2) is 10.1. The molecule has 9 heteroatoms. The summed E-state index contributed by atoms with van der Waals surface area (Å²) in [6, 6.07) is 13.8. The van der Waals surface area contributed by atoms with E-state index in [1.54, 1.807) is 18.3 Å². The first kappa shape index (κ1) is 23.4. The fourth-order valence-electron chi connectivity index (χ4n) is 4.46. The number of aromatic nitrogens is 5. The molecule has 4 aromatic rings. The van der Waals surface area contributed by atoms with Gasteiger partial charge in [0.2, 0.25) is 0 Å². The van der Waals surface area contributed by atoms with Crippen LogP contribution in [0.1, 0.15) is 34.6 Å². The lowest BCUT2D eigenvalue weighted by Crippen LogP contribution is -2.17. The number of Topliss-reactive ketones (excluding diaryl/α,β-unsaturated/α-hetero) is 1. The van der Waals surface area contributed by atoms with E-state index in [9.17, 15) is 9.18 Å². The molecule has 5 rings (SSSR count). The summed E-state index contributed by atoms with van der Waals surface area (Å²) in [7, 11) is 0. The summed E-state index contributed by atoms with van der Waals surface area (Å²) in [6.45, 7) is 5.24. The van der Waals surface area contributed by atoms with E-state index in [4.69, 9.17) is 4.74 Å². The van der Waals surface area contributed by atoms with E-state index in [1.165, 1.54) is 23.9 Å². The lowest BCUT2D eigenvalue weighted by Gasteiger charge is -2.14. The molecule has 3 aromatic heterocycles. The van der Waals surface area contributed by atoms with Gasteiger partial charge in [-0.15, -0.1) is 10.2 Å². The van der Waals surface area contributed by atoms with Crippen molar-refractivity contribution in [1.29, 1.82) is 0 Å². The number of halogens is 1. The van der Waals surface area contributed by atoms with Crippen LogP contribution in [-0.2, 0) is 11.3 Å². The fraction of sp³-hybridized carbons (Fsp3) is 0.308. The van der Waals surface area contributed by atoms with E-state index < -0.39 is 0 Å². The van der Waals surface area contributed by atoms with Crippen LogP contribution in [-0.4, -0.2) is 48.6 Å². The van der Waals surface area contributed by atoms with Crippen molar-refractivity contribution in [2.75, 3.05) is 12.4 Å². The number of rotatable bonds is 8. The molecular weight excluding hydrogens is 465 g/mol. The van der Waals surface area contributed by atoms with E-state index in [2.05, 4.69) is 15.2 Å². The number of pyridine rings is 1. The van der Waals surface area contributed by atoms with Gasteiger partial charge >= 0.3 is 0 Å². The lowest BCUT2D eigenvalue weighted by atomic mass is 10.2. The normalized spacial score (nSPS) is 15.6. The number of hydrogen-bond donors (Lipinski definition) is 0. The number of hydrogen-bond acceptors (Lipinski definition) is 6. The number of aryl methyl sites for hydroxylation is 1. The zero-order chi connectivity index (χ0) is 24.4. The number of ether oxygens (including phenoxy) is 1. The Bertz CT molecular complexity index is 1330. The van der Waals surface area contributed by atoms with Gasteiger partial charge < -0.3 is 9.30 Å². The predicted octanol–water partition coefficient (Wildman–Crippen LogP) is 5.04. The van der Waals surface area contributed by atoms with Crippen LogP contribution in [0.15, 0.2) is 59.9 Å². The summed E-state index contributed by atoms with van der Waals surface area (Å²) in [4.78, 5) is 17.7. The maximum atomic E-state index is 13.5. The van der Waals surface area contributed by atoms with Crippen LogP contribution in [0.25, 0.3) is 17.2 Å². The topological polar surface area (TPSA) is 74.8 Å². The average molecular weight is 492 g/mol. The lowest BCUT2D eigenvalue weighted by molar-refractivity contribution is 0.0953. The zero-order valence-electron chi connectivity index (χ0n) is 19.6. The summed E-state index contributed by atoms with van der Waals surface area (Å²) in [5.41, 5.74) is 3.26. The third kappa shape index (κ3) is 4.92. The number of nitrogens with zero attached hydrogens (tertiary/aromatic N) is 5. The molecule has 0 spiro atoms. The standard InChI is InChI=1S/C26H26FN5O2S/c1-17-14-22(18(2)32(17)24-7-3-4-12-28-24)23(33)16-35-26-30-29-25(19-8-10-20(27)11-9-19)31(26)15-21-6-5-13-34-21/h3-4,7-12,14,21H,5-6,13,15-16H2,1-2H3/t21-/m1/s1. The molecule has 7 nitrogen and oxygen atoms in total. The summed E-state index contributed by atoms with van der Waals surface area (Å²) >= 11 is 1.36. The maximum absolute atomic E-state index is 13.5. The Hall–Kier alpha value is -3.30. The van der Waals surface area contributed by atoms with E-state index in [-0.39, 0.29) is 23.5 Å². The molecule has 0 amide bonds. The van der Waals surface area contributed by atoms with Gasteiger partial charge in [0.25, 0.3) is 0 Å². The van der Waals surface area contributed by atoms with E-state index >= 15 is 0 Å². The Morgan fingerprint density at radius 2 is 2.00 bits per heavy atom. The Morgan fingerprint density at radius 3 is 2.71 bits per heavy atom. The number of benzene rings is 1. The molecule has 180 valence electrons. The Morgan fingerprint density at radius 1 is 1.17 bits per heavy atom. The first-order valence-corrected chi connectivity index (χ1v) is 12.6. The van der Waals surface area contributed by atoms with Crippen LogP contribution in [0.5, 0.6) is 0 Å². The van der Waals surface area contributed by atoms with Gasteiger partial charge in [0.15, 0.2) is 16.8 Å². The van der Waals surface area contributed by atoms with Crippen molar-refractivity contribution in [3.05, 3.63) is 77.5 Å². The highest BCUT2D eigenvalue weighted by molar-refractivity contribution is 7.99. The van der Waals surface area contributed by atoms with Crippen molar-refractivity contribution in [1.82, 2.24) is 24.3 Å². The maximum Gasteiger partial charge on any atom is 0.192 e. The van der Waals surface area contributed by atoms with Gasteiger partial charge in [0.1, 0.15) is 11.6 Å². The summed E-state index contributed by atoms with van der Waals surface area (Å²) in [5, 5.41) is 9.39. The Labute approximate surface area is 207 Å². The highest BCUT2D eigenvalue weighted by Crippen LogP contribution is 2.28. The van der Waals surface area contributed by atoms with Crippen molar-refractivity contribution < 1.29 is 13.9 Å². The molecule has 0 aliphatic carbocycles. The molecule has 0 bridgehead atoms. The monoisotopic (exact) mass is 491 g/mol. The van der Waals surface area contributed by atoms with Crippen molar-refractivity contribution >= 4 is 17.5 Å². The number of thioether (sulfide) groups is 1. The van der Waals surface area contributed by atoms with Gasteiger partial charge in [0.05, 0.1) is 18.4 Å². The number of carbonyl (C=O) groups excluding carboxylic acids is 1. The molecule has 1 aliphatic heterocycles. The molecule has 4 heterocycles. The molecular formula is C26H26FN5O2S. The van der Waals surface area contributed by atoms with Crippen LogP contribution in [0.3, 0.4) is 0 Å². The molecule has 1 fully saturated rings. The van der Waals surface area contributed by atoms with Crippen molar-refractivity contribution in [2.45, 2.75) is 44.5 Å². The third-order valence-corrected chi connectivity index (χ3v) is 7.14. The first-order valence-electron chi connectivity index (χ1n) is 11.6. The predicted molar refractivity (Wildman–Crippen MR) is 132 cm³/mol. The molecule has 1 aromatic carbocycles. The summed E-state index contributed by atoms with van der Waals surface area (Å²) in [6.07, 6.45) is 3.79.